The average molecular weight is 469 g/mol. The molecule has 0 radical (unpaired) electrons. The van der Waals surface area contributed by atoms with Gasteiger partial charge < -0.3 is 9.47 Å². The van der Waals surface area contributed by atoms with Crippen molar-refractivity contribution in [3.05, 3.63) is 70.7 Å². The fraction of sp³-hybridized carbons (Fsp3) is 0.462. The molecule has 7 heteroatoms. The van der Waals surface area contributed by atoms with Crippen molar-refractivity contribution in [2.75, 3.05) is 32.9 Å². The minimum Gasteiger partial charge on any atom is -0.447 e. The first-order valence-electron chi connectivity index (χ1n) is 11.7. The molecule has 6 nitrogen and oxygen atoms in total. The fourth-order valence-electron chi connectivity index (χ4n) is 5.43. The molecule has 3 heterocycles. The SMILES string of the molecule is O=C1OC[C@H](Cc2ccccc2)N1C(=O)C1CN(C2CCOCC2)CC1c1ccc(Cl)cc1. The first kappa shape index (κ1) is 22.4. The highest BCUT2D eigenvalue weighted by atomic mass is 35.5. The number of likely N-dealkylation sites (tertiary alicyclic amines) is 1. The lowest BCUT2D eigenvalue weighted by Crippen LogP contribution is -2.45. The Morgan fingerprint density at radius 3 is 2.45 bits per heavy atom. The summed E-state index contributed by atoms with van der Waals surface area (Å²) in [6, 6.07) is 17.8. The van der Waals surface area contributed by atoms with E-state index in [1.807, 2.05) is 54.6 Å². The van der Waals surface area contributed by atoms with E-state index in [2.05, 4.69) is 4.90 Å². The number of hydrogen-bond donors (Lipinski definition) is 0. The molecule has 2 unspecified atom stereocenters. The van der Waals surface area contributed by atoms with Gasteiger partial charge in [0.15, 0.2) is 0 Å². The molecule has 174 valence electrons. The van der Waals surface area contributed by atoms with Crippen molar-refractivity contribution in [1.82, 2.24) is 9.80 Å². The number of carbonyl (C=O) groups is 2. The number of benzene rings is 2. The van der Waals surface area contributed by atoms with Gasteiger partial charge in [-0.3, -0.25) is 9.69 Å². The number of carbonyl (C=O) groups excluding carboxylic acids is 2. The Bertz CT molecular complexity index is 978. The first-order chi connectivity index (χ1) is 16.1. The lowest BCUT2D eigenvalue weighted by molar-refractivity contribution is -0.133. The second-order valence-electron chi connectivity index (χ2n) is 9.19. The van der Waals surface area contributed by atoms with E-state index in [0.29, 0.717) is 24.0 Å². The smallest absolute Gasteiger partial charge is 0.416 e. The highest BCUT2D eigenvalue weighted by Gasteiger charge is 2.47. The summed E-state index contributed by atoms with van der Waals surface area (Å²) in [7, 11) is 0. The van der Waals surface area contributed by atoms with Crippen LogP contribution in [0.25, 0.3) is 0 Å². The summed E-state index contributed by atoms with van der Waals surface area (Å²) in [4.78, 5) is 30.4. The van der Waals surface area contributed by atoms with E-state index in [1.165, 1.54) is 4.90 Å². The van der Waals surface area contributed by atoms with E-state index in [4.69, 9.17) is 21.1 Å². The summed E-state index contributed by atoms with van der Waals surface area (Å²) in [5, 5.41) is 0.673. The summed E-state index contributed by atoms with van der Waals surface area (Å²) in [6.45, 7) is 3.17. The molecule has 3 saturated heterocycles. The molecule has 0 N–H and O–H groups in total. The Labute approximate surface area is 199 Å². The zero-order valence-electron chi connectivity index (χ0n) is 18.6. The third-order valence-corrected chi connectivity index (χ3v) is 7.44. The van der Waals surface area contributed by atoms with Crippen LogP contribution in [0.5, 0.6) is 0 Å². The Balaban J connectivity index is 1.40. The van der Waals surface area contributed by atoms with Gasteiger partial charge in [-0.05, 0) is 42.5 Å². The highest BCUT2D eigenvalue weighted by Crippen LogP contribution is 2.38. The second-order valence-corrected chi connectivity index (χ2v) is 9.63. The van der Waals surface area contributed by atoms with Crippen molar-refractivity contribution in [3.63, 3.8) is 0 Å². The quantitative estimate of drug-likeness (QED) is 0.660. The van der Waals surface area contributed by atoms with Gasteiger partial charge in [-0.15, -0.1) is 0 Å². The van der Waals surface area contributed by atoms with Crippen LogP contribution < -0.4 is 0 Å². The zero-order chi connectivity index (χ0) is 22.8. The third-order valence-electron chi connectivity index (χ3n) is 7.18. The summed E-state index contributed by atoms with van der Waals surface area (Å²) in [6.07, 6.45) is 2.01. The van der Waals surface area contributed by atoms with Crippen LogP contribution in [0.2, 0.25) is 5.02 Å². The molecule has 3 aliphatic rings. The summed E-state index contributed by atoms with van der Waals surface area (Å²) >= 11 is 6.13. The first-order valence-corrected chi connectivity index (χ1v) is 12.1. The van der Waals surface area contributed by atoms with Gasteiger partial charge in [-0.2, -0.15) is 0 Å². The number of ether oxygens (including phenoxy) is 2. The van der Waals surface area contributed by atoms with Gasteiger partial charge in [-0.1, -0.05) is 54.1 Å². The van der Waals surface area contributed by atoms with Crippen molar-refractivity contribution in [3.8, 4) is 0 Å². The maximum Gasteiger partial charge on any atom is 0.416 e. The molecule has 0 aliphatic carbocycles. The summed E-state index contributed by atoms with van der Waals surface area (Å²) < 4.78 is 10.9. The van der Waals surface area contributed by atoms with E-state index < -0.39 is 6.09 Å². The van der Waals surface area contributed by atoms with E-state index in [1.54, 1.807) is 0 Å². The van der Waals surface area contributed by atoms with E-state index in [-0.39, 0.29) is 30.4 Å². The van der Waals surface area contributed by atoms with Gasteiger partial charge >= 0.3 is 6.09 Å². The fourth-order valence-corrected chi connectivity index (χ4v) is 5.55. The van der Waals surface area contributed by atoms with Gasteiger partial charge in [-0.25, -0.2) is 9.69 Å². The van der Waals surface area contributed by atoms with Gasteiger partial charge in [0.05, 0.1) is 12.0 Å². The van der Waals surface area contributed by atoms with Crippen LogP contribution >= 0.6 is 11.6 Å². The Kier molecular flexibility index (Phi) is 6.67. The maximum atomic E-state index is 13.9. The van der Waals surface area contributed by atoms with Crippen LogP contribution in [-0.2, 0) is 20.7 Å². The van der Waals surface area contributed by atoms with Crippen LogP contribution in [0, 0.1) is 5.92 Å². The number of rotatable bonds is 5. The number of halogens is 1. The summed E-state index contributed by atoms with van der Waals surface area (Å²) in [5.41, 5.74) is 2.17. The van der Waals surface area contributed by atoms with Crippen molar-refractivity contribution in [2.24, 2.45) is 5.92 Å². The predicted octanol–water partition coefficient (Wildman–Crippen LogP) is 4.12. The van der Waals surface area contributed by atoms with E-state index >= 15 is 0 Å². The van der Waals surface area contributed by atoms with Crippen molar-refractivity contribution in [2.45, 2.75) is 37.3 Å². The minimum atomic E-state index is -0.527. The van der Waals surface area contributed by atoms with Gasteiger partial charge in [0, 0.05) is 43.3 Å². The van der Waals surface area contributed by atoms with Crippen molar-refractivity contribution >= 4 is 23.6 Å². The highest BCUT2D eigenvalue weighted by molar-refractivity contribution is 6.30. The molecule has 0 saturated carbocycles. The van der Waals surface area contributed by atoms with E-state index in [0.717, 1.165) is 43.7 Å². The molecule has 5 rings (SSSR count). The van der Waals surface area contributed by atoms with Gasteiger partial charge in [0.25, 0.3) is 0 Å². The monoisotopic (exact) mass is 468 g/mol. The molecule has 2 amide bonds. The Hall–Kier alpha value is -2.41. The predicted molar refractivity (Wildman–Crippen MR) is 125 cm³/mol. The number of imide groups is 1. The molecule has 3 fully saturated rings. The number of hydrogen-bond acceptors (Lipinski definition) is 5. The standard InChI is InChI=1S/C26H29ClN2O4/c27-20-8-6-19(7-9-20)23-15-28(21-10-12-32-13-11-21)16-24(23)25(30)29-22(17-33-26(29)31)14-18-4-2-1-3-5-18/h1-9,21-24H,10-17H2/t22-,23?,24?/m0/s1. The van der Waals surface area contributed by atoms with Gasteiger partial charge in [0.1, 0.15) is 6.61 Å². The second kappa shape index (κ2) is 9.84. The van der Waals surface area contributed by atoms with Crippen LogP contribution in [-0.4, -0.2) is 66.8 Å². The van der Waals surface area contributed by atoms with Crippen molar-refractivity contribution < 1.29 is 19.1 Å². The number of cyclic esters (lactones) is 1. The Morgan fingerprint density at radius 2 is 1.73 bits per heavy atom. The molecule has 3 aliphatic heterocycles. The minimum absolute atomic E-state index is 0.00314. The van der Waals surface area contributed by atoms with E-state index in [9.17, 15) is 9.59 Å². The molecule has 3 atom stereocenters. The molecule has 2 aromatic carbocycles. The van der Waals surface area contributed by atoms with Crippen LogP contribution in [0.1, 0.15) is 29.9 Å². The van der Waals surface area contributed by atoms with Crippen LogP contribution in [0.3, 0.4) is 0 Å². The van der Waals surface area contributed by atoms with Gasteiger partial charge in [0.2, 0.25) is 5.91 Å². The summed E-state index contributed by atoms with van der Waals surface area (Å²) in [5.74, 6) is -0.436. The largest absolute Gasteiger partial charge is 0.447 e. The zero-order valence-corrected chi connectivity index (χ0v) is 19.3. The van der Waals surface area contributed by atoms with Crippen LogP contribution in [0.15, 0.2) is 54.6 Å². The lowest BCUT2D eigenvalue weighted by Gasteiger charge is -2.31. The molecule has 0 aromatic heterocycles. The molecule has 0 bridgehead atoms. The number of nitrogens with zero attached hydrogens (tertiary/aromatic N) is 2. The Morgan fingerprint density at radius 1 is 1.00 bits per heavy atom. The lowest BCUT2D eigenvalue weighted by atomic mass is 9.87. The molecule has 33 heavy (non-hydrogen) atoms. The maximum absolute atomic E-state index is 13.9. The van der Waals surface area contributed by atoms with Crippen molar-refractivity contribution in [1.29, 1.82) is 0 Å². The molecule has 2 aromatic rings. The topological polar surface area (TPSA) is 59.1 Å². The molecule has 0 spiro atoms. The molecular weight excluding hydrogens is 440 g/mol. The third kappa shape index (κ3) is 4.79. The van der Waals surface area contributed by atoms with Crippen LogP contribution in [0.4, 0.5) is 4.79 Å². The average Bonchev–Trinajstić information content (AvgIpc) is 3.45. The number of amides is 2. The molecular formula is C26H29ClN2O4. The normalized spacial score (nSPS) is 26.5.